The van der Waals surface area contributed by atoms with E-state index in [1.807, 2.05) is 0 Å². The van der Waals surface area contributed by atoms with Crippen molar-refractivity contribution in [2.75, 3.05) is 13.1 Å². The van der Waals surface area contributed by atoms with Crippen LogP contribution in [0.1, 0.15) is 40.0 Å². The molecule has 0 amide bonds. The zero-order valence-corrected chi connectivity index (χ0v) is 10.8. The highest BCUT2D eigenvalue weighted by Crippen LogP contribution is 2.30. The molecule has 2 heteroatoms. The van der Waals surface area contributed by atoms with E-state index < -0.39 is 0 Å². The first-order valence-corrected chi connectivity index (χ1v) is 6.41. The molecule has 0 bridgehead atoms. The van der Waals surface area contributed by atoms with Crippen molar-refractivity contribution >= 4 is 0 Å². The average molecular weight is 223 g/mol. The molecule has 0 aromatic rings. The van der Waals surface area contributed by atoms with Gasteiger partial charge in [0.1, 0.15) is 0 Å². The van der Waals surface area contributed by atoms with Gasteiger partial charge >= 0.3 is 0 Å². The molecule has 16 heavy (non-hydrogen) atoms. The Hall–Kier alpha value is -0.520. The van der Waals surface area contributed by atoms with Crippen LogP contribution in [-0.4, -0.2) is 25.3 Å². The van der Waals surface area contributed by atoms with Crippen LogP contribution in [0.2, 0.25) is 0 Å². The molecule has 0 spiro atoms. The van der Waals surface area contributed by atoms with Crippen LogP contribution in [0.4, 0.5) is 0 Å². The second-order valence-electron chi connectivity index (χ2n) is 5.32. The van der Waals surface area contributed by atoms with Crippen LogP contribution in [0.3, 0.4) is 0 Å². The monoisotopic (exact) mass is 223 g/mol. The standard InChI is InChI=1S/C14H25NO/c1-5-6-15-10-13(4)16-14-8-11(2)7-12(3)9-14/h1,11-15H,6-10H2,2-4H3. The molecule has 3 atom stereocenters. The van der Waals surface area contributed by atoms with E-state index in [1.54, 1.807) is 0 Å². The number of rotatable bonds is 5. The Morgan fingerprint density at radius 2 is 1.94 bits per heavy atom. The predicted octanol–water partition coefficient (Wildman–Crippen LogP) is 2.44. The molecule has 1 aliphatic carbocycles. The number of terminal acetylenes is 1. The first-order chi connectivity index (χ1) is 7.61. The molecule has 0 aromatic heterocycles. The molecule has 92 valence electrons. The fraction of sp³-hybridized carbons (Fsp3) is 0.857. The largest absolute Gasteiger partial charge is 0.374 e. The Balaban J connectivity index is 2.22. The first kappa shape index (κ1) is 13.5. The summed E-state index contributed by atoms with van der Waals surface area (Å²) >= 11 is 0. The normalized spacial score (nSPS) is 32.0. The summed E-state index contributed by atoms with van der Waals surface area (Å²) < 4.78 is 6.05. The fourth-order valence-corrected chi connectivity index (χ4v) is 2.71. The van der Waals surface area contributed by atoms with Crippen LogP contribution in [0.5, 0.6) is 0 Å². The lowest BCUT2D eigenvalue weighted by Crippen LogP contribution is -2.34. The molecule has 1 saturated carbocycles. The van der Waals surface area contributed by atoms with E-state index in [2.05, 4.69) is 32.0 Å². The van der Waals surface area contributed by atoms with Gasteiger partial charge in [-0.15, -0.1) is 6.42 Å². The van der Waals surface area contributed by atoms with E-state index in [1.165, 1.54) is 19.3 Å². The molecule has 1 aliphatic rings. The zero-order chi connectivity index (χ0) is 12.0. The van der Waals surface area contributed by atoms with Gasteiger partial charge in [-0.3, -0.25) is 0 Å². The first-order valence-electron chi connectivity index (χ1n) is 6.41. The van der Waals surface area contributed by atoms with Crippen molar-refractivity contribution in [1.82, 2.24) is 5.32 Å². The summed E-state index contributed by atoms with van der Waals surface area (Å²) in [5, 5.41) is 3.19. The van der Waals surface area contributed by atoms with E-state index >= 15 is 0 Å². The highest BCUT2D eigenvalue weighted by atomic mass is 16.5. The average Bonchev–Trinajstić information content (AvgIpc) is 2.16. The Kier molecular flexibility index (Phi) is 5.87. The summed E-state index contributed by atoms with van der Waals surface area (Å²) in [7, 11) is 0. The van der Waals surface area contributed by atoms with Gasteiger partial charge in [0.25, 0.3) is 0 Å². The van der Waals surface area contributed by atoms with Crippen molar-refractivity contribution in [3.05, 3.63) is 0 Å². The third kappa shape index (κ3) is 5.01. The van der Waals surface area contributed by atoms with E-state index in [9.17, 15) is 0 Å². The predicted molar refractivity (Wildman–Crippen MR) is 68.2 cm³/mol. The van der Waals surface area contributed by atoms with Gasteiger partial charge in [-0.05, 0) is 38.0 Å². The maximum Gasteiger partial charge on any atom is 0.0675 e. The second-order valence-corrected chi connectivity index (χ2v) is 5.32. The molecule has 0 saturated heterocycles. The van der Waals surface area contributed by atoms with Crippen molar-refractivity contribution in [2.24, 2.45) is 11.8 Å². The summed E-state index contributed by atoms with van der Waals surface area (Å²) in [4.78, 5) is 0. The third-order valence-electron chi connectivity index (χ3n) is 3.22. The highest BCUT2D eigenvalue weighted by molar-refractivity contribution is 4.86. The molecule has 1 N–H and O–H groups in total. The smallest absolute Gasteiger partial charge is 0.0675 e. The van der Waals surface area contributed by atoms with Crippen LogP contribution >= 0.6 is 0 Å². The number of hydrogen-bond donors (Lipinski definition) is 1. The molecule has 2 nitrogen and oxygen atoms in total. The minimum atomic E-state index is 0.260. The number of nitrogens with one attached hydrogen (secondary N) is 1. The van der Waals surface area contributed by atoms with Gasteiger partial charge < -0.3 is 10.1 Å². The lowest BCUT2D eigenvalue weighted by atomic mass is 9.82. The molecule has 1 rings (SSSR count). The highest BCUT2D eigenvalue weighted by Gasteiger charge is 2.25. The minimum Gasteiger partial charge on any atom is -0.374 e. The van der Waals surface area contributed by atoms with Crippen molar-refractivity contribution < 1.29 is 4.74 Å². The van der Waals surface area contributed by atoms with Crippen molar-refractivity contribution in [1.29, 1.82) is 0 Å². The Bertz CT molecular complexity index is 223. The van der Waals surface area contributed by atoms with Gasteiger partial charge in [-0.2, -0.15) is 0 Å². The molecular formula is C14H25NO. The lowest BCUT2D eigenvalue weighted by molar-refractivity contribution is -0.0397. The van der Waals surface area contributed by atoms with Crippen molar-refractivity contribution in [3.8, 4) is 12.3 Å². The van der Waals surface area contributed by atoms with Crippen molar-refractivity contribution in [3.63, 3.8) is 0 Å². The van der Waals surface area contributed by atoms with Gasteiger partial charge in [0.2, 0.25) is 0 Å². The quantitative estimate of drug-likeness (QED) is 0.571. The fourth-order valence-electron chi connectivity index (χ4n) is 2.71. The topological polar surface area (TPSA) is 21.3 Å². The van der Waals surface area contributed by atoms with Crippen molar-refractivity contribution in [2.45, 2.75) is 52.2 Å². The molecule has 3 unspecified atom stereocenters. The summed E-state index contributed by atoms with van der Waals surface area (Å²) in [6, 6.07) is 0. The number of hydrogen-bond acceptors (Lipinski definition) is 2. The summed E-state index contributed by atoms with van der Waals surface area (Å²) in [5.41, 5.74) is 0. The third-order valence-corrected chi connectivity index (χ3v) is 3.22. The van der Waals surface area contributed by atoms with E-state index in [-0.39, 0.29) is 6.10 Å². The molecule has 0 heterocycles. The molecule has 0 radical (unpaired) electrons. The molecule has 1 fully saturated rings. The molecular weight excluding hydrogens is 198 g/mol. The SMILES string of the molecule is C#CCNCC(C)OC1CC(C)CC(C)C1. The summed E-state index contributed by atoms with van der Waals surface area (Å²) in [6.07, 6.45) is 9.66. The van der Waals surface area contributed by atoms with E-state index in [4.69, 9.17) is 11.2 Å². The maximum absolute atomic E-state index is 6.05. The Morgan fingerprint density at radius 3 is 2.50 bits per heavy atom. The minimum absolute atomic E-state index is 0.260. The van der Waals surface area contributed by atoms with Gasteiger partial charge in [0.05, 0.1) is 18.8 Å². The maximum atomic E-state index is 6.05. The van der Waals surface area contributed by atoms with E-state index in [0.717, 1.165) is 18.4 Å². The Morgan fingerprint density at radius 1 is 1.31 bits per heavy atom. The molecule has 0 aliphatic heterocycles. The Labute approximate surface area is 100 Å². The van der Waals surface area contributed by atoms with E-state index in [0.29, 0.717) is 12.6 Å². The van der Waals surface area contributed by atoms with Gasteiger partial charge in [-0.25, -0.2) is 0 Å². The second kappa shape index (κ2) is 6.93. The van der Waals surface area contributed by atoms with Crippen LogP contribution in [0.25, 0.3) is 0 Å². The summed E-state index contributed by atoms with van der Waals surface area (Å²) in [5.74, 6) is 4.18. The van der Waals surface area contributed by atoms with Crippen LogP contribution in [0, 0.1) is 24.2 Å². The van der Waals surface area contributed by atoms with Gasteiger partial charge in [0, 0.05) is 6.54 Å². The lowest BCUT2D eigenvalue weighted by Gasteiger charge is -2.33. The van der Waals surface area contributed by atoms with Crippen LogP contribution in [0.15, 0.2) is 0 Å². The molecule has 0 aromatic carbocycles. The van der Waals surface area contributed by atoms with Gasteiger partial charge in [0.15, 0.2) is 0 Å². The van der Waals surface area contributed by atoms with Crippen LogP contribution in [-0.2, 0) is 4.74 Å². The van der Waals surface area contributed by atoms with Gasteiger partial charge in [-0.1, -0.05) is 19.8 Å². The zero-order valence-electron chi connectivity index (χ0n) is 10.8. The van der Waals surface area contributed by atoms with Crippen LogP contribution < -0.4 is 5.32 Å². The summed E-state index contributed by atoms with van der Waals surface area (Å²) in [6.45, 7) is 8.25. The number of ether oxygens (including phenoxy) is 1.